The van der Waals surface area contributed by atoms with Crippen molar-refractivity contribution in [2.24, 2.45) is 5.92 Å². The van der Waals surface area contributed by atoms with Gasteiger partial charge in [0.15, 0.2) is 6.61 Å². The molecule has 7 heteroatoms. The number of benzene rings is 1. The van der Waals surface area contributed by atoms with Crippen LogP contribution >= 0.6 is 0 Å². The monoisotopic (exact) mass is 422 g/mol. The van der Waals surface area contributed by atoms with Gasteiger partial charge in [-0.25, -0.2) is 4.98 Å². The second-order valence-electron chi connectivity index (χ2n) is 8.41. The molecule has 1 saturated heterocycles. The molecule has 164 valence electrons. The molecule has 1 saturated carbocycles. The maximum absolute atomic E-state index is 8.69. The predicted octanol–water partition coefficient (Wildman–Crippen LogP) is 4.59. The summed E-state index contributed by atoms with van der Waals surface area (Å²) in [6, 6.07) is 9.97. The van der Waals surface area contributed by atoms with Gasteiger partial charge in [0.05, 0.1) is 18.8 Å². The number of hydrogen-bond donors (Lipinski definition) is 1. The van der Waals surface area contributed by atoms with Gasteiger partial charge in [-0.2, -0.15) is 10.2 Å². The second kappa shape index (κ2) is 10.5. The molecule has 0 atom stereocenters. The minimum atomic E-state index is 0.0287. The van der Waals surface area contributed by atoms with Gasteiger partial charge < -0.3 is 19.5 Å². The Balaban J connectivity index is 1.55. The van der Waals surface area contributed by atoms with E-state index in [0.29, 0.717) is 36.8 Å². The number of hydrogen-bond acceptors (Lipinski definition) is 7. The van der Waals surface area contributed by atoms with Gasteiger partial charge in [0.2, 0.25) is 11.8 Å². The van der Waals surface area contributed by atoms with E-state index < -0.39 is 0 Å². The fourth-order valence-corrected chi connectivity index (χ4v) is 4.11. The molecule has 2 heterocycles. The molecular weight excluding hydrogens is 392 g/mol. The molecule has 2 aliphatic rings. The van der Waals surface area contributed by atoms with Crippen LogP contribution in [0.3, 0.4) is 0 Å². The quantitative estimate of drug-likeness (QED) is 0.698. The Labute approximate surface area is 183 Å². The van der Waals surface area contributed by atoms with Crippen molar-refractivity contribution in [1.29, 1.82) is 5.26 Å². The van der Waals surface area contributed by atoms with Gasteiger partial charge in [-0.1, -0.05) is 19.1 Å². The Morgan fingerprint density at radius 1 is 1.10 bits per heavy atom. The zero-order chi connectivity index (χ0) is 21.5. The van der Waals surface area contributed by atoms with Crippen LogP contribution in [-0.2, 0) is 4.74 Å². The highest BCUT2D eigenvalue weighted by Crippen LogP contribution is 2.32. The zero-order valence-corrected chi connectivity index (χ0v) is 18.0. The van der Waals surface area contributed by atoms with Crippen LogP contribution in [0, 0.1) is 17.2 Å². The van der Waals surface area contributed by atoms with E-state index in [9.17, 15) is 0 Å². The Hall–Kier alpha value is -2.85. The first-order chi connectivity index (χ1) is 15.2. The smallest absolute Gasteiger partial charge is 0.226 e. The Morgan fingerprint density at radius 3 is 2.55 bits per heavy atom. The number of aromatic nitrogens is 2. The van der Waals surface area contributed by atoms with Crippen molar-refractivity contribution in [2.75, 3.05) is 25.1 Å². The SMILES string of the molecule is C[C@H]1CC[C@H](Nc2ncc(-c3ccc(OCC#N)cc3)c(OC3CCOCC3)n2)CC1. The first kappa shape index (κ1) is 21.4. The number of ether oxygens (including phenoxy) is 3. The second-order valence-corrected chi connectivity index (χ2v) is 8.41. The summed E-state index contributed by atoms with van der Waals surface area (Å²) in [6.45, 7) is 3.77. The van der Waals surface area contributed by atoms with E-state index in [2.05, 4.69) is 17.2 Å². The summed E-state index contributed by atoms with van der Waals surface area (Å²) in [6.07, 6.45) is 8.40. The van der Waals surface area contributed by atoms with Crippen LogP contribution in [-0.4, -0.2) is 41.9 Å². The van der Waals surface area contributed by atoms with Crippen LogP contribution in [0.25, 0.3) is 11.1 Å². The van der Waals surface area contributed by atoms with Gasteiger partial charge in [0.25, 0.3) is 0 Å². The molecule has 4 rings (SSSR count). The molecule has 0 radical (unpaired) electrons. The molecule has 1 N–H and O–H groups in total. The number of nitriles is 1. The van der Waals surface area contributed by atoms with Crippen LogP contribution < -0.4 is 14.8 Å². The van der Waals surface area contributed by atoms with Gasteiger partial charge in [-0.3, -0.25) is 0 Å². The Morgan fingerprint density at radius 2 is 1.84 bits per heavy atom. The number of rotatable bonds is 7. The summed E-state index contributed by atoms with van der Waals surface area (Å²) in [7, 11) is 0. The lowest BCUT2D eigenvalue weighted by molar-refractivity contribution is 0.0240. The third-order valence-corrected chi connectivity index (χ3v) is 6.02. The van der Waals surface area contributed by atoms with Crippen LogP contribution in [0.2, 0.25) is 0 Å². The van der Waals surface area contributed by atoms with Gasteiger partial charge in [-0.05, 0) is 49.3 Å². The lowest BCUT2D eigenvalue weighted by Crippen LogP contribution is -2.28. The summed E-state index contributed by atoms with van der Waals surface area (Å²) < 4.78 is 17.2. The van der Waals surface area contributed by atoms with E-state index in [0.717, 1.165) is 42.7 Å². The van der Waals surface area contributed by atoms with Crippen molar-refractivity contribution in [2.45, 2.75) is 57.6 Å². The van der Waals surface area contributed by atoms with Gasteiger partial charge in [-0.15, -0.1) is 0 Å². The highest BCUT2D eigenvalue weighted by Gasteiger charge is 2.22. The first-order valence-corrected chi connectivity index (χ1v) is 11.2. The highest BCUT2D eigenvalue weighted by atomic mass is 16.5. The topological polar surface area (TPSA) is 89.3 Å². The summed E-state index contributed by atoms with van der Waals surface area (Å²) in [4.78, 5) is 9.36. The maximum Gasteiger partial charge on any atom is 0.226 e. The lowest BCUT2D eigenvalue weighted by Gasteiger charge is -2.27. The van der Waals surface area contributed by atoms with Crippen molar-refractivity contribution in [1.82, 2.24) is 9.97 Å². The third-order valence-electron chi connectivity index (χ3n) is 6.02. The van der Waals surface area contributed by atoms with Crippen molar-refractivity contribution in [3.8, 4) is 28.8 Å². The summed E-state index contributed by atoms with van der Waals surface area (Å²) >= 11 is 0. The van der Waals surface area contributed by atoms with Gasteiger partial charge >= 0.3 is 0 Å². The molecule has 0 spiro atoms. The van der Waals surface area contributed by atoms with Crippen molar-refractivity contribution < 1.29 is 14.2 Å². The largest absolute Gasteiger partial charge is 0.479 e. The predicted molar refractivity (Wildman–Crippen MR) is 118 cm³/mol. The molecule has 31 heavy (non-hydrogen) atoms. The fourth-order valence-electron chi connectivity index (χ4n) is 4.11. The molecule has 0 amide bonds. The molecule has 2 fully saturated rings. The van der Waals surface area contributed by atoms with E-state index in [4.69, 9.17) is 24.5 Å². The van der Waals surface area contributed by atoms with Crippen LogP contribution in [0.15, 0.2) is 30.5 Å². The summed E-state index contributed by atoms with van der Waals surface area (Å²) in [5.41, 5.74) is 1.80. The van der Waals surface area contributed by atoms with E-state index in [-0.39, 0.29) is 12.7 Å². The number of nitrogens with one attached hydrogen (secondary N) is 1. The molecule has 0 unspecified atom stereocenters. The average molecular weight is 423 g/mol. The molecule has 0 bridgehead atoms. The van der Waals surface area contributed by atoms with Crippen LogP contribution in [0.5, 0.6) is 11.6 Å². The lowest BCUT2D eigenvalue weighted by atomic mass is 9.87. The fraction of sp³-hybridized carbons (Fsp3) is 0.542. The van der Waals surface area contributed by atoms with Crippen molar-refractivity contribution >= 4 is 5.95 Å². The average Bonchev–Trinajstić information content (AvgIpc) is 2.81. The van der Waals surface area contributed by atoms with Crippen molar-refractivity contribution in [3.05, 3.63) is 30.5 Å². The molecular formula is C24H30N4O3. The summed E-state index contributed by atoms with van der Waals surface area (Å²) in [5.74, 6) is 2.68. The highest BCUT2D eigenvalue weighted by molar-refractivity contribution is 5.69. The van der Waals surface area contributed by atoms with E-state index in [1.807, 2.05) is 36.5 Å². The Kier molecular flexibility index (Phi) is 7.21. The molecule has 1 aliphatic carbocycles. The van der Waals surface area contributed by atoms with Gasteiger partial charge in [0, 0.05) is 25.1 Å². The zero-order valence-electron chi connectivity index (χ0n) is 18.0. The minimum absolute atomic E-state index is 0.0287. The molecule has 1 aromatic carbocycles. The number of nitrogens with zero attached hydrogens (tertiary/aromatic N) is 3. The number of anilines is 1. The van der Waals surface area contributed by atoms with Crippen LogP contribution in [0.1, 0.15) is 45.4 Å². The Bertz CT molecular complexity index is 883. The first-order valence-electron chi connectivity index (χ1n) is 11.2. The van der Waals surface area contributed by atoms with Crippen LogP contribution in [0.4, 0.5) is 5.95 Å². The molecule has 1 aliphatic heterocycles. The maximum atomic E-state index is 8.69. The van der Waals surface area contributed by atoms with E-state index in [1.54, 1.807) is 0 Å². The molecule has 1 aromatic heterocycles. The minimum Gasteiger partial charge on any atom is -0.479 e. The normalized spacial score (nSPS) is 21.8. The standard InChI is InChI=1S/C24H30N4O3/c1-17-2-6-19(7-3-17)27-24-26-16-22(18-4-8-20(9-5-18)30-15-12-25)23(28-24)31-21-10-13-29-14-11-21/h4-5,8-9,16-17,19,21H,2-3,6-7,10-11,13-15H2,1H3,(H,26,27,28)/t17-,19-. The summed E-state index contributed by atoms with van der Waals surface area (Å²) in [5, 5.41) is 12.2. The van der Waals surface area contributed by atoms with Crippen molar-refractivity contribution in [3.63, 3.8) is 0 Å². The third kappa shape index (κ3) is 5.86. The van der Waals surface area contributed by atoms with Gasteiger partial charge in [0.1, 0.15) is 17.9 Å². The molecule has 7 nitrogen and oxygen atoms in total. The molecule has 2 aromatic rings. The van der Waals surface area contributed by atoms with E-state index in [1.165, 1.54) is 12.8 Å². The van der Waals surface area contributed by atoms with E-state index >= 15 is 0 Å².